The Balaban J connectivity index is 1.44. The molecule has 4 rings (SSSR count). The third-order valence-corrected chi connectivity index (χ3v) is 4.62. The van der Waals surface area contributed by atoms with Gasteiger partial charge in [-0.15, -0.1) is 0 Å². The van der Waals surface area contributed by atoms with E-state index in [-0.39, 0.29) is 0 Å². The molecule has 24 heavy (non-hydrogen) atoms. The lowest BCUT2D eigenvalue weighted by atomic mass is 10.0. The van der Waals surface area contributed by atoms with Crippen LogP contribution in [-0.4, -0.2) is 17.4 Å². The number of aryl methyl sites for hydroxylation is 2. The van der Waals surface area contributed by atoms with Crippen LogP contribution < -0.4 is 5.32 Å². The third-order valence-electron chi connectivity index (χ3n) is 4.62. The smallest absolute Gasteiger partial charge is 0.133 e. The first-order valence-corrected chi connectivity index (χ1v) is 8.56. The standard InChI is InChI=1S/C21H21N3/c1-15-10-11-17-8-4-9-18-19(17)20(15)24-21(18)23-13-3-2-6-16-7-5-12-22-14-16/h4-5,7-12,14H,2-3,6,13H2,1H3,(H,23,24). The van der Waals surface area contributed by atoms with Gasteiger partial charge in [0.1, 0.15) is 5.84 Å². The third kappa shape index (κ3) is 2.78. The summed E-state index contributed by atoms with van der Waals surface area (Å²) in [6.07, 6.45) is 7.07. The van der Waals surface area contributed by atoms with E-state index >= 15 is 0 Å². The number of amidine groups is 1. The zero-order chi connectivity index (χ0) is 16.4. The van der Waals surface area contributed by atoms with Gasteiger partial charge in [-0.2, -0.15) is 0 Å². The van der Waals surface area contributed by atoms with Crippen molar-refractivity contribution in [2.24, 2.45) is 4.99 Å². The van der Waals surface area contributed by atoms with E-state index in [0.29, 0.717) is 0 Å². The van der Waals surface area contributed by atoms with Crippen molar-refractivity contribution in [3.63, 3.8) is 0 Å². The molecule has 1 N–H and O–H groups in total. The Morgan fingerprint density at radius 1 is 1.04 bits per heavy atom. The molecule has 1 aromatic heterocycles. The van der Waals surface area contributed by atoms with Crippen LogP contribution in [0.5, 0.6) is 0 Å². The maximum absolute atomic E-state index is 4.83. The number of nitrogens with one attached hydrogen (secondary N) is 1. The fraction of sp³-hybridized carbons (Fsp3) is 0.238. The lowest BCUT2D eigenvalue weighted by Crippen LogP contribution is -2.08. The Hall–Kier alpha value is -2.68. The predicted molar refractivity (Wildman–Crippen MR) is 101 cm³/mol. The molecule has 0 amide bonds. The summed E-state index contributed by atoms with van der Waals surface area (Å²) >= 11 is 0. The van der Waals surface area contributed by atoms with Crippen LogP contribution in [0.25, 0.3) is 10.8 Å². The highest BCUT2D eigenvalue weighted by Gasteiger charge is 2.20. The second kappa shape index (κ2) is 6.44. The molecular formula is C21H21N3. The molecule has 1 aliphatic rings. The fourth-order valence-electron chi connectivity index (χ4n) is 3.33. The van der Waals surface area contributed by atoms with Crippen LogP contribution in [0.4, 0.5) is 5.69 Å². The topological polar surface area (TPSA) is 37.3 Å². The van der Waals surface area contributed by atoms with Crippen LogP contribution in [-0.2, 0) is 6.42 Å². The van der Waals surface area contributed by atoms with Gasteiger partial charge in [-0.3, -0.25) is 9.98 Å². The molecule has 0 spiro atoms. The molecule has 0 radical (unpaired) electrons. The molecule has 2 heterocycles. The van der Waals surface area contributed by atoms with Gasteiger partial charge < -0.3 is 5.32 Å². The number of anilines is 1. The quantitative estimate of drug-likeness (QED) is 0.691. The van der Waals surface area contributed by atoms with Crippen LogP contribution in [0.15, 0.2) is 59.9 Å². The van der Waals surface area contributed by atoms with E-state index in [1.165, 1.54) is 33.2 Å². The number of hydrogen-bond acceptors (Lipinski definition) is 2. The maximum atomic E-state index is 4.83. The predicted octanol–water partition coefficient (Wildman–Crippen LogP) is 4.74. The Morgan fingerprint density at radius 3 is 2.88 bits per heavy atom. The first-order valence-electron chi connectivity index (χ1n) is 8.56. The van der Waals surface area contributed by atoms with Gasteiger partial charge in [0, 0.05) is 29.9 Å². The molecule has 0 saturated carbocycles. The maximum Gasteiger partial charge on any atom is 0.133 e. The Labute approximate surface area is 142 Å². The Kier molecular flexibility index (Phi) is 3.99. The summed E-state index contributed by atoms with van der Waals surface area (Å²) in [5.41, 5.74) is 5.03. The van der Waals surface area contributed by atoms with E-state index < -0.39 is 0 Å². The summed E-state index contributed by atoms with van der Waals surface area (Å²) in [4.78, 5) is 8.99. The van der Waals surface area contributed by atoms with Crippen molar-refractivity contribution in [2.75, 3.05) is 11.9 Å². The van der Waals surface area contributed by atoms with Crippen molar-refractivity contribution in [3.05, 3.63) is 71.5 Å². The number of aliphatic imine (C=N–C) groups is 1. The van der Waals surface area contributed by atoms with E-state index in [9.17, 15) is 0 Å². The monoisotopic (exact) mass is 315 g/mol. The normalized spacial score (nSPS) is 14.3. The summed E-state index contributed by atoms with van der Waals surface area (Å²) < 4.78 is 0. The van der Waals surface area contributed by atoms with Gasteiger partial charge in [0.25, 0.3) is 0 Å². The molecule has 0 unspecified atom stereocenters. The van der Waals surface area contributed by atoms with E-state index in [0.717, 1.165) is 31.6 Å². The summed E-state index contributed by atoms with van der Waals surface area (Å²) in [6.45, 7) is 3.00. The van der Waals surface area contributed by atoms with E-state index in [2.05, 4.69) is 53.6 Å². The van der Waals surface area contributed by atoms with Crippen LogP contribution in [0, 0.1) is 6.92 Å². The van der Waals surface area contributed by atoms with Gasteiger partial charge in [0.05, 0.1) is 5.69 Å². The largest absolute Gasteiger partial charge is 0.339 e. The second-order valence-corrected chi connectivity index (χ2v) is 6.33. The molecule has 3 nitrogen and oxygen atoms in total. The van der Waals surface area contributed by atoms with Crippen LogP contribution in [0.1, 0.15) is 29.5 Å². The SMILES string of the molecule is Cc1ccc2cccc3c2c1NC3=NCCCCc1cccnc1. The number of hydrogen-bond donors (Lipinski definition) is 1. The van der Waals surface area contributed by atoms with Crippen molar-refractivity contribution in [3.8, 4) is 0 Å². The lowest BCUT2D eigenvalue weighted by Gasteiger charge is -2.04. The molecular weight excluding hydrogens is 294 g/mol. The van der Waals surface area contributed by atoms with Crippen molar-refractivity contribution in [1.29, 1.82) is 0 Å². The minimum Gasteiger partial charge on any atom is -0.339 e. The molecule has 1 aliphatic heterocycles. The molecule has 3 heteroatoms. The molecule has 0 bridgehead atoms. The number of pyridine rings is 1. The average Bonchev–Trinajstić information content (AvgIpc) is 3.00. The zero-order valence-corrected chi connectivity index (χ0v) is 13.9. The molecule has 0 aliphatic carbocycles. The highest BCUT2D eigenvalue weighted by molar-refractivity contribution is 6.26. The molecule has 120 valence electrons. The highest BCUT2D eigenvalue weighted by atomic mass is 15.0. The summed E-state index contributed by atoms with van der Waals surface area (Å²) in [5.74, 6) is 1.02. The van der Waals surface area contributed by atoms with E-state index in [4.69, 9.17) is 4.99 Å². The number of aromatic nitrogens is 1. The number of benzene rings is 2. The van der Waals surface area contributed by atoms with Crippen LogP contribution in [0.3, 0.4) is 0 Å². The fourth-order valence-corrected chi connectivity index (χ4v) is 3.33. The summed E-state index contributed by atoms with van der Waals surface area (Å²) in [5, 5.41) is 6.12. The number of unbranched alkanes of at least 4 members (excludes halogenated alkanes) is 1. The van der Waals surface area contributed by atoms with Crippen molar-refractivity contribution in [1.82, 2.24) is 4.98 Å². The second-order valence-electron chi connectivity index (χ2n) is 6.33. The van der Waals surface area contributed by atoms with E-state index in [1.54, 1.807) is 0 Å². The first kappa shape index (κ1) is 14.9. The minimum atomic E-state index is 0.853. The molecule has 0 fully saturated rings. The van der Waals surface area contributed by atoms with Gasteiger partial charge in [-0.25, -0.2) is 0 Å². The van der Waals surface area contributed by atoms with Crippen LogP contribution >= 0.6 is 0 Å². The van der Waals surface area contributed by atoms with Gasteiger partial charge >= 0.3 is 0 Å². The van der Waals surface area contributed by atoms with Gasteiger partial charge in [0.15, 0.2) is 0 Å². The van der Waals surface area contributed by atoms with Crippen molar-refractivity contribution >= 4 is 22.3 Å². The van der Waals surface area contributed by atoms with Gasteiger partial charge in [0.2, 0.25) is 0 Å². The summed E-state index contributed by atoms with van der Waals surface area (Å²) in [7, 11) is 0. The van der Waals surface area contributed by atoms with Gasteiger partial charge in [-0.05, 0) is 48.8 Å². The van der Waals surface area contributed by atoms with Gasteiger partial charge in [-0.1, -0.05) is 36.4 Å². The average molecular weight is 315 g/mol. The highest BCUT2D eigenvalue weighted by Crippen LogP contribution is 2.35. The Morgan fingerprint density at radius 2 is 2.00 bits per heavy atom. The molecule has 0 saturated heterocycles. The van der Waals surface area contributed by atoms with Crippen molar-refractivity contribution < 1.29 is 0 Å². The first-order chi connectivity index (χ1) is 11.8. The zero-order valence-electron chi connectivity index (χ0n) is 13.9. The molecule has 3 aromatic rings. The minimum absolute atomic E-state index is 0.853. The van der Waals surface area contributed by atoms with E-state index in [1.807, 2.05) is 18.5 Å². The van der Waals surface area contributed by atoms with Crippen molar-refractivity contribution in [2.45, 2.75) is 26.2 Å². The number of rotatable bonds is 5. The lowest BCUT2D eigenvalue weighted by molar-refractivity contribution is 0.744. The molecule has 2 aromatic carbocycles. The Bertz CT molecular complexity index is 898. The molecule has 0 atom stereocenters. The number of nitrogens with zero attached hydrogens (tertiary/aromatic N) is 2. The summed E-state index contributed by atoms with van der Waals surface area (Å²) in [6, 6.07) is 14.9. The van der Waals surface area contributed by atoms with Crippen LogP contribution in [0.2, 0.25) is 0 Å².